The zero-order chi connectivity index (χ0) is 11.1. The molecule has 1 aliphatic rings. The Kier molecular flexibility index (Phi) is 2.73. The number of rotatable bonds is 3. The minimum absolute atomic E-state index is 0.375. The predicted molar refractivity (Wildman–Crippen MR) is 64.0 cm³/mol. The van der Waals surface area contributed by atoms with E-state index in [2.05, 4.69) is 15.9 Å². The number of alkyl halides is 1. The van der Waals surface area contributed by atoms with E-state index in [0.717, 1.165) is 11.1 Å². The summed E-state index contributed by atoms with van der Waals surface area (Å²) >= 11 is 3.26. The van der Waals surface area contributed by atoms with Gasteiger partial charge in [0.2, 0.25) is 0 Å². The van der Waals surface area contributed by atoms with Gasteiger partial charge in [0, 0.05) is 5.33 Å². The quantitative estimate of drug-likeness (QED) is 0.632. The standard InChI is InChI=1S/C11H11BrO2S/c1-8-2-4-10(5-3-8)15(13,14)11-6-9(11)7-12/h2-6,11H,7H2,1H3/t11-/m1/s1. The van der Waals surface area contributed by atoms with Gasteiger partial charge in [-0.1, -0.05) is 39.7 Å². The van der Waals surface area contributed by atoms with E-state index in [1.807, 2.05) is 19.1 Å². The summed E-state index contributed by atoms with van der Waals surface area (Å²) in [6.45, 7) is 1.94. The minimum atomic E-state index is -3.17. The predicted octanol–water partition coefficient (Wildman–Crippen LogP) is 2.47. The van der Waals surface area contributed by atoms with Crippen LogP contribution in [0.25, 0.3) is 0 Å². The van der Waals surface area contributed by atoms with Gasteiger partial charge in [0.25, 0.3) is 0 Å². The van der Waals surface area contributed by atoms with Crippen LogP contribution in [0.2, 0.25) is 0 Å². The largest absolute Gasteiger partial charge is 0.223 e. The van der Waals surface area contributed by atoms with E-state index in [4.69, 9.17) is 0 Å². The molecule has 0 aliphatic heterocycles. The van der Waals surface area contributed by atoms with E-state index in [9.17, 15) is 8.42 Å². The van der Waals surface area contributed by atoms with Gasteiger partial charge in [-0.15, -0.1) is 0 Å². The van der Waals surface area contributed by atoms with Crippen molar-refractivity contribution in [1.82, 2.24) is 0 Å². The lowest BCUT2D eigenvalue weighted by Crippen LogP contribution is -2.10. The third-order valence-corrected chi connectivity index (χ3v) is 5.14. The summed E-state index contributed by atoms with van der Waals surface area (Å²) in [4.78, 5) is 0.408. The minimum Gasteiger partial charge on any atom is -0.223 e. The van der Waals surface area contributed by atoms with Crippen LogP contribution in [0, 0.1) is 6.92 Å². The first-order chi connectivity index (χ1) is 7.05. The highest BCUT2D eigenvalue weighted by Gasteiger charge is 2.37. The van der Waals surface area contributed by atoms with Crippen LogP contribution in [-0.2, 0) is 9.84 Å². The molecular formula is C11H11BrO2S. The van der Waals surface area contributed by atoms with Gasteiger partial charge in [-0.25, -0.2) is 8.42 Å². The van der Waals surface area contributed by atoms with Gasteiger partial charge in [0.1, 0.15) is 5.25 Å². The van der Waals surface area contributed by atoms with Gasteiger partial charge in [-0.05, 0) is 24.6 Å². The third kappa shape index (κ3) is 2.01. The Morgan fingerprint density at radius 1 is 1.27 bits per heavy atom. The normalized spacial score (nSPS) is 19.9. The van der Waals surface area contributed by atoms with Crippen molar-refractivity contribution in [3.8, 4) is 0 Å². The Hall–Kier alpha value is -0.610. The van der Waals surface area contributed by atoms with Crippen LogP contribution in [0.3, 0.4) is 0 Å². The Balaban J connectivity index is 2.28. The van der Waals surface area contributed by atoms with Crippen molar-refractivity contribution in [2.45, 2.75) is 17.1 Å². The van der Waals surface area contributed by atoms with Crippen molar-refractivity contribution in [3.05, 3.63) is 41.5 Å². The molecule has 0 saturated carbocycles. The summed E-state index contributed by atoms with van der Waals surface area (Å²) in [5.74, 6) is 0. The fourth-order valence-corrected chi connectivity index (χ4v) is 3.82. The summed E-state index contributed by atoms with van der Waals surface area (Å²) in [6, 6.07) is 6.98. The van der Waals surface area contributed by atoms with Gasteiger partial charge in [0.15, 0.2) is 9.84 Å². The van der Waals surface area contributed by atoms with E-state index in [-0.39, 0.29) is 5.25 Å². The van der Waals surface area contributed by atoms with E-state index in [1.165, 1.54) is 0 Å². The molecule has 2 rings (SSSR count). The molecule has 0 aromatic heterocycles. The van der Waals surface area contributed by atoms with Gasteiger partial charge >= 0.3 is 0 Å². The van der Waals surface area contributed by atoms with Crippen LogP contribution < -0.4 is 0 Å². The Morgan fingerprint density at radius 3 is 2.33 bits per heavy atom. The maximum absolute atomic E-state index is 12.0. The second-order valence-corrected chi connectivity index (χ2v) is 6.28. The average Bonchev–Trinajstić information content (AvgIpc) is 2.98. The summed E-state index contributed by atoms with van der Waals surface area (Å²) in [5.41, 5.74) is 2.02. The number of aryl methyl sites for hydroxylation is 1. The van der Waals surface area contributed by atoms with Crippen molar-refractivity contribution in [2.75, 3.05) is 5.33 Å². The highest BCUT2D eigenvalue weighted by Crippen LogP contribution is 2.33. The first-order valence-electron chi connectivity index (χ1n) is 4.63. The smallest absolute Gasteiger partial charge is 0.188 e. The van der Waals surface area contributed by atoms with Crippen LogP contribution in [0.5, 0.6) is 0 Å². The summed E-state index contributed by atoms with van der Waals surface area (Å²) in [6.07, 6.45) is 1.78. The van der Waals surface area contributed by atoms with Gasteiger partial charge in [0.05, 0.1) is 4.90 Å². The average molecular weight is 287 g/mol. The van der Waals surface area contributed by atoms with Crippen molar-refractivity contribution in [3.63, 3.8) is 0 Å². The lowest BCUT2D eigenvalue weighted by molar-refractivity contribution is 0.596. The fraction of sp³-hybridized carbons (Fsp3) is 0.273. The number of halogens is 1. The van der Waals surface area contributed by atoms with Crippen molar-refractivity contribution in [2.24, 2.45) is 0 Å². The molecule has 1 aliphatic carbocycles. The third-order valence-electron chi connectivity index (χ3n) is 2.46. The molecule has 4 heteroatoms. The van der Waals surface area contributed by atoms with E-state index < -0.39 is 9.84 Å². The molecular weight excluding hydrogens is 276 g/mol. The van der Waals surface area contributed by atoms with Gasteiger partial charge < -0.3 is 0 Å². The SMILES string of the molecule is Cc1ccc(S(=O)(=O)[C@@H]2C=C2CBr)cc1. The van der Waals surface area contributed by atoms with E-state index >= 15 is 0 Å². The van der Waals surface area contributed by atoms with Crippen LogP contribution in [-0.4, -0.2) is 19.0 Å². The first-order valence-corrected chi connectivity index (χ1v) is 7.29. The van der Waals surface area contributed by atoms with Crippen LogP contribution >= 0.6 is 15.9 Å². The maximum atomic E-state index is 12.0. The van der Waals surface area contributed by atoms with Crippen molar-refractivity contribution >= 4 is 25.8 Å². The molecule has 0 bridgehead atoms. The van der Waals surface area contributed by atoms with Crippen LogP contribution in [0.4, 0.5) is 0 Å². The molecule has 1 atom stereocenters. The molecule has 1 aromatic carbocycles. The van der Waals surface area contributed by atoms with E-state index in [1.54, 1.807) is 18.2 Å². The van der Waals surface area contributed by atoms with Gasteiger partial charge in [-0.3, -0.25) is 0 Å². The summed E-state index contributed by atoms with van der Waals surface area (Å²) in [5, 5.41) is 0.266. The monoisotopic (exact) mass is 286 g/mol. The maximum Gasteiger partial charge on any atom is 0.188 e. The molecule has 2 nitrogen and oxygen atoms in total. The molecule has 0 radical (unpaired) electrons. The number of hydrogen-bond acceptors (Lipinski definition) is 2. The van der Waals surface area contributed by atoms with E-state index in [0.29, 0.717) is 10.2 Å². The molecule has 0 saturated heterocycles. The number of hydrogen-bond donors (Lipinski definition) is 0. The molecule has 0 unspecified atom stereocenters. The highest BCUT2D eigenvalue weighted by atomic mass is 79.9. The second kappa shape index (κ2) is 3.76. The zero-order valence-corrected chi connectivity index (χ0v) is 10.7. The molecule has 0 heterocycles. The van der Waals surface area contributed by atoms with Crippen LogP contribution in [0.1, 0.15) is 5.56 Å². The fourth-order valence-electron chi connectivity index (χ4n) is 1.43. The molecule has 15 heavy (non-hydrogen) atoms. The topological polar surface area (TPSA) is 34.1 Å². The molecule has 0 spiro atoms. The van der Waals surface area contributed by atoms with Crippen LogP contribution in [0.15, 0.2) is 40.8 Å². The molecule has 0 fully saturated rings. The lowest BCUT2D eigenvalue weighted by Gasteiger charge is -2.04. The molecule has 0 N–H and O–H groups in total. The molecule has 80 valence electrons. The number of sulfone groups is 1. The second-order valence-electron chi connectivity index (χ2n) is 3.65. The molecule has 1 aromatic rings. The Labute approximate surface area is 98.1 Å². The summed E-state index contributed by atoms with van der Waals surface area (Å²) < 4.78 is 24.0. The zero-order valence-electron chi connectivity index (χ0n) is 8.27. The lowest BCUT2D eigenvalue weighted by atomic mass is 10.2. The Bertz CT molecular complexity index is 500. The Morgan fingerprint density at radius 2 is 1.87 bits per heavy atom. The van der Waals surface area contributed by atoms with Crippen molar-refractivity contribution < 1.29 is 8.42 Å². The molecule has 0 amide bonds. The summed E-state index contributed by atoms with van der Waals surface area (Å²) in [7, 11) is -3.17. The first kappa shape index (κ1) is 10.9. The van der Waals surface area contributed by atoms with Gasteiger partial charge in [-0.2, -0.15) is 0 Å². The number of benzene rings is 1. The highest BCUT2D eigenvalue weighted by molar-refractivity contribution is 9.09. The van der Waals surface area contributed by atoms with Crippen molar-refractivity contribution in [1.29, 1.82) is 0 Å².